The van der Waals surface area contributed by atoms with Crippen molar-refractivity contribution >= 4 is 28.2 Å². The molecule has 0 aliphatic carbocycles. The van der Waals surface area contributed by atoms with Crippen LogP contribution in [0.2, 0.25) is 0 Å². The molecule has 6 heteroatoms. The third-order valence-electron chi connectivity index (χ3n) is 5.90. The van der Waals surface area contributed by atoms with Gasteiger partial charge in [0.25, 0.3) is 11.7 Å². The average Bonchev–Trinajstić information content (AvgIpc) is 3.06. The van der Waals surface area contributed by atoms with E-state index in [1.807, 2.05) is 93.5 Å². The van der Waals surface area contributed by atoms with Crippen molar-refractivity contribution in [2.24, 2.45) is 0 Å². The van der Waals surface area contributed by atoms with E-state index in [0.29, 0.717) is 24.4 Å². The maximum Gasteiger partial charge on any atom is 0.295 e. The van der Waals surface area contributed by atoms with Crippen LogP contribution in [-0.2, 0) is 9.59 Å². The maximum absolute atomic E-state index is 13.2. The Balaban J connectivity index is 1.85. The van der Waals surface area contributed by atoms with E-state index < -0.39 is 17.7 Å². The van der Waals surface area contributed by atoms with E-state index in [9.17, 15) is 14.7 Å². The van der Waals surface area contributed by atoms with Gasteiger partial charge in [0.2, 0.25) is 0 Å². The molecule has 1 heterocycles. The highest BCUT2D eigenvalue weighted by Crippen LogP contribution is 2.40. The molecular formula is C28H30N2O4. The van der Waals surface area contributed by atoms with Crippen LogP contribution in [-0.4, -0.2) is 59.9 Å². The number of likely N-dealkylation sites (tertiary alicyclic amines) is 1. The maximum atomic E-state index is 13.2. The zero-order chi connectivity index (χ0) is 24.4. The standard InChI is InChI=1S/C28H30N2O4/c1-18(2)34-23-11-7-10-21(17-23)25-24(27(32)28(33)30(25)15-14-29(3)4)26(31)22-13-12-19-8-5-6-9-20(19)16-22/h5-13,16-18,25,31H,14-15H2,1-4H3/b26-24-. The Kier molecular flexibility index (Phi) is 6.70. The highest BCUT2D eigenvalue weighted by Gasteiger charge is 2.46. The van der Waals surface area contributed by atoms with E-state index >= 15 is 0 Å². The van der Waals surface area contributed by atoms with Gasteiger partial charge >= 0.3 is 0 Å². The molecule has 0 spiro atoms. The molecule has 0 bridgehead atoms. The molecule has 34 heavy (non-hydrogen) atoms. The van der Waals surface area contributed by atoms with Crippen molar-refractivity contribution in [3.8, 4) is 5.75 Å². The topological polar surface area (TPSA) is 70.1 Å². The van der Waals surface area contributed by atoms with Crippen LogP contribution in [0, 0.1) is 0 Å². The fraction of sp³-hybridized carbons (Fsp3) is 0.286. The number of carbonyl (C=O) groups excluding carboxylic acids is 2. The Morgan fingerprint density at radius 1 is 1.00 bits per heavy atom. The minimum absolute atomic E-state index is 0.0204. The summed E-state index contributed by atoms with van der Waals surface area (Å²) in [5.74, 6) is -0.804. The number of Topliss-reactive ketones (excluding diaryl/α,β-unsaturated/α-hetero) is 1. The van der Waals surface area contributed by atoms with Crippen LogP contribution in [0.5, 0.6) is 5.75 Å². The Morgan fingerprint density at radius 3 is 2.44 bits per heavy atom. The Morgan fingerprint density at radius 2 is 1.74 bits per heavy atom. The average molecular weight is 459 g/mol. The summed E-state index contributed by atoms with van der Waals surface area (Å²) in [4.78, 5) is 29.8. The molecule has 1 aliphatic heterocycles. The fourth-order valence-corrected chi connectivity index (χ4v) is 4.29. The largest absolute Gasteiger partial charge is 0.507 e. The van der Waals surface area contributed by atoms with Crippen molar-refractivity contribution in [1.82, 2.24) is 9.80 Å². The lowest BCUT2D eigenvalue weighted by Crippen LogP contribution is -2.35. The molecule has 0 radical (unpaired) electrons. The number of nitrogens with zero attached hydrogens (tertiary/aromatic N) is 2. The first-order valence-corrected chi connectivity index (χ1v) is 11.4. The normalized spacial score (nSPS) is 17.8. The van der Waals surface area contributed by atoms with Crippen LogP contribution >= 0.6 is 0 Å². The molecular weight excluding hydrogens is 428 g/mol. The molecule has 3 aromatic carbocycles. The molecule has 3 aromatic rings. The van der Waals surface area contributed by atoms with E-state index in [2.05, 4.69) is 0 Å². The first-order valence-electron chi connectivity index (χ1n) is 11.4. The van der Waals surface area contributed by atoms with Gasteiger partial charge in [0.1, 0.15) is 11.5 Å². The van der Waals surface area contributed by atoms with Gasteiger partial charge in [-0.05, 0) is 62.5 Å². The van der Waals surface area contributed by atoms with Crippen molar-refractivity contribution in [3.63, 3.8) is 0 Å². The van der Waals surface area contributed by atoms with E-state index in [-0.39, 0.29) is 17.4 Å². The number of aliphatic hydroxyl groups is 1. The van der Waals surface area contributed by atoms with Gasteiger partial charge < -0.3 is 19.6 Å². The second kappa shape index (κ2) is 9.69. The molecule has 176 valence electrons. The third-order valence-corrected chi connectivity index (χ3v) is 5.90. The Labute approximate surface area is 200 Å². The quantitative estimate of drug-likeness (QED) is 0.318. The van der Waals surface area contributed by atoms with Crippen molar-refractivity contribution < 1.29 is 19.4 Å². The predicted octanol–water partition coefficient (Wildman–Crippen LogP) is 4.61. The lowest BCUT2D eigenvalue weighted by molar-refractivity contribution is -0.140. The molecule has 0 saturated carbocycles. The molecule has 4 rings (SSSR count). The van der Waals surface area contributed by atoms with Crippen LogP contribution in [0.15, 0.2) is 72.3 Å². The zero-order valence-electron chi connectivity index (χ0n) is 20.0. The molecule has 6 nitrogen and oxygen atoms in total. The minimum Gasteiger partial charge on any atom is -0.507 e. The first kappa shape index (κ1) is 23.5. The number of hydrogen-bond donors (Lipinski definition) is 1. The number of ketones is 1. The van der Waals surface area contributed by atoms with Gasteiger partial charge in [0, 0.05) is 18.7 Å². The number of aliphatic hydroxyl groups excluding tert-OH is 1. The number of amides is 1. The van der Waals surface area contributed by atoms with Crippen molar-refractivity contribution in [2.45, 2.75) is 26.0 Å². The summed E-state index contributed by atoms with van der Waals surface area (Å²) in [7, 11) is 3.83. The van der Waals surface area contributed by atoms with Crippen molar-refractivity contribution in [2.75, 3.05) is 27.2 Å². The monoisotopic (exact) mass is 458 g/mol. The number of rotatable bonds is 7. The number of benzene rings is 3. The SMILES string of the molecule is CC(C)Oc1cccc(C2/C(=C(/O)c3ccc4ccccc4c3)C(=O)C(=O)N2CCN(C)C)c1. The van der Waals surface area contributed by atoms with Crippen LogP contribution in [0.3, 0.4) is 0 Å². The fourth-order valence-electron chi connectivity index (χ4n) is 4.29. The first-order chi connectivity index (χ1) is 16.3. The third kappa shape index (κ3) is 4.68. The van der Waals surface area contributed by atoms with Crippen LogP contribution in [0.1, 0.15) is 31.0 Å². The summed E-state index contributed by atoms with van der Waals surface area (Å²) in [6.45, 7) is 4.82. The van der Waals surface area contributed by atoms with Gasteiger partial charge in [-0.2, -0.15) is 0 Å². The van der Waals surface area contributed by atoms with E-state index in [1.165, 1.54) is 0 Å². The predicted molar refractivity (Wildman–Crippen MR) is 134 cm³/mol. The number of ether oxygens (including phenoxy) is 1. The summed E-state index contributed by atoms with van der Waals surface area (Å²) in [6, 6.07) is 20.0. The van der Waals surface area contributed by atoms with Gasteiger partial charge in [-0.1, -0.05) is 48.5 Å². The Hall–Kier alpha value is -3.64. The lowest BCUT2D eigenvalue weighted by Gasteiger charge is -2.27. The van der Waals surface area contributed by atoms with E-state index in [1.54, 1.807) is 11.0 Å². The Bertz CT molecular complexity index is 1260. The van der Waals surface area contributed by atoms with Crippen LogP contribution in [0.25, 0.3) is 16.5 Å². The smallest absolute Gasteiger partial charge is 0.295 e. The second-order valence-corrected chi connectivity index (χ2v) is 9.10. The zero-order valence-corrected chi connectivity index (χ0v) is 20.0. The second-order valence-electron chi connectivity index (χ2n) is 9.10. The minimum atomic E-state index is -0.706. The van der Waals surface area contributed by atoms with Crippen molar-refractivity contribution in [1.29, 1.82) is 0 Å². The molecule has 1 unspecified atom stereocenters. The van der Waals surface area contributed by atoms with Crippen molar-refractivity contribution in [3.05, 3.63) is 83.4 Å². The van der Waals surface area contributed by atoms with Gasteiger partial charge in [-0.15, -0.1) is 0 Å². The van der Waals surface area contributed by atoms with E-state index in [4.69, 9.17) is 4.74 Å². The molecule has 1 N–H and O–H groups in total. The molecule has 1 fully saturated rings. The number of hydrogen-bond acceptors (Lipinski definition) is 5. The number of fused-ring (bicyclic) bond motifs is 1. The van der Waals surface area contributed by atoms with Gasteiger partial charge in [0.05, 0.1) is 17.7 Å². The van der Waals surface area contributed by atoms with Gasteiger partial charge in [-0.3, -0.25) is 9.59 Å². The van der Waals surface area contributed by atoms with Gasteiger partial charge in [-0.25, -0.2) is 0 Å². The van der Waals surface area contributed by atoms with E-state index in [0.717, 1.165) is 16.3 Å². The molecule has 1 amide bonds. The van der Waals surface area contributed by atoms with Gasteiger partial charge in [0.15, 0.2) is 0 Å². The number of carbonyl (C=O) groups is 2. The highest BCUT2D eigenvalue weighted by atomic mass is 16.5. The summed E-state index contributed by atoms with van der Waals surface area (Å²) >= 11 is 0. The molecule has 1 aliphatic rings. The summed E-state index contributed by atoms with van der Waals surface area (Å²) < 4.78 is 5.85. The summed E-state index contributed by atoms with van der Waals surface area (Å²) in [5.41, 5.74) is 1.32. The molecule has 0 aromatic heterocycles. The lowest BCUT2D eigenvalue weighted by atomic mass is 9.94. The van der Waals surface area contributed by atoms with Crippen LogP contribution in [0.4, 0.5) is 0 Å². The highest BCUT2D eigenvalue weighted by molar-refractivity contribution is 6.46. The summed E-state index contributed by atoms with van der Waals surface area (Å²) in [6.07, 6.45) is -0.0204. The summed E-state index contributed by atoms with van der Waals surface area (Å²) in [5, 5.41) is 13.3. The van der Waals surface area contributed by atoms with Crippen LogP contribution < -0.4 is 4.74 Å². The number of likely N-dealkylation sites (N-methyl/N-ethyl adjacent to an activating group) is 1. The molecule has 1 atom stereocenters. The molecule has 1 saturated heterocycles.